The number of halogens is 1. The lowest BCUT2D eigenvalue weighted by Gasteiger charge is -2.43. The van der Waals surface area contributed by atoms with Crippen LogP contribution in [0.15, 0.2) is 0 Å². The molecule has 2 bridgehead atoms. The van der Waals surface area contributed by atoms with Crippen LogP contribution >= 0.6 is 0 Å². The van der Waals surface area contributed by atoms with Gasteiger partial charge < -0.3 is 5.32 Å². The summed E-state index contributed by atoms with van der Waals surface area (Å²) >= 11 is 0. The van der Waals surface area contributed by atoms with Crippen LogP contribution in [0.4, 0.5) is 4.39 Å². The third-order valence-electron chi connectivity index (χ3n) is 5.66. The Bertz CT molecular complexity index is 258. The molecule has 2 heteroatoms. The second-order valence-electron chi connectivity index (χ2n) is 6.71. The summed E-state index contributed by atoms with van der Waals surface area (Å²) in [5.41, 5.74) is -0.824. The van der Waals surface area contributed by atoms with E-state index in [-0.39, 0.29) is 0 Å². The Kier molecular flexibility index (Phi) is 3.18. The van der Waals surface area contributed by atoms with Gasteiger partial charge >= 0.3 is 0 Å². The first-order valence-corrected chi connectivity index (χ1v) is 7.64. The minimum absolute atomic E-state index is 0.371. The van der Waals surface area contributed by atoms with Gasteiger partial charge in [-0.15, -0.1) is 0 Å². The molecule has 0 spiro atoms. The molecule has 2 aliphatic heterocycles. The van der Waals surface area contributed by atoms with Crippen molar-refractivity contribution in [2.45, 2.75) is 82.5 Å². The van der Waals surface area contributed by atoms with Gasteiger partial charge in [0.2, 0.25) is 0 Å². The quantitative estimate of drug-likeness (QED) is 0.772. The molecule has 1 nitrogen and oxygen atoms in total. The third-order valence-corrected chi connectivity index (χ3v) is 5.66. The Morgan fingerprint density at radius 1 is 1.00 bits per heavy atom. The highest BCUT2D eigenvalue weighted by Gasteiger charge is 2.48. The van der Waals surface area contributed by atoms with Crippen LogP contribution in [0.2, 0.25) is 0 Å². The maximum absolute atomic E-state index is 15.2. The van der Waals surface area contributed by atoms with Gasteiger partial charge in [0.25, 0.3) is 0 Å². The van der Waals surface area contributed by atoms with Crippen LogP contribution in [0.5, 0.6) is 0 Å². The second-order valence-corrected chi connectivity index (χ2v) is 6.71. The first kappa shape index (κ1) is 12.0. The number of hydrogen-bond acceptors (Lipinski definition) is 1. The number of piperidine rings is 1. The molecule has 1 aliphatic carbocycles. The molecule has 2 saturated heterocycles. The number of rotatable bonds is 2. The lowest BCUT2D eigenvalue weighted by atomic mass is 9.69. The summed E-state index contributed by atoms with van der Waals surface area (Å²) in [5, 5.41) is 3.56. The predicted molar refractivity (Wildman–Crippen MR) is 68.8 cm³/mol. The molecule has 2 heterocycles. The molecule has 0 aromatic carbocycles. The lowest BCUT2D eigenvalue weighted by Crippen LogP contribution is -2.50. The van der Waals surface area contributed by atoms with Gasteiger partial charge in [0.05, 0.1) is 0 Å². The largest absolute Gasteiger partial charge is 0.311 e. The average molecular weight is 239 g/mol. The van der Waals surface area contributed by atoms with Gasteiger partial charge in [-0.1, -0.05) is 26.2 Å². The highest BCUT2D eigenvalue weighted by atomic mass is 19.1. The lowest BCUT2D eigenvalue weighted by molar-refractivity contribution is 0.00129. The fourth-order valence-corrected chi connectivity index (χ4v) is 4.55. The van der Waals surface area contributed by atoms with E-state index in [9.17, 15) is 0 Å². The minimum atomic E-state index is -0.824. The fraction of sp³-hybridized carbons (Fsp3) is 1.00. The number of nitrogens with one attached hydrogen (secondary N) is 1. The van der Waals surface area contributed by atoms with Crippen molar-refractivity contribution in [1.82, 2.24) is 5.32 Å². The van der Waals surface area contributed by atoms with E-state index in [0.717, 1.165) is 31.6 Å². The summed E-state index contributed by atoms with van der Waals surface area (Å²) in [6.45, 7) is 2.28. The molecule has 2 unspecified atom stereocenters. The summed E-state index contributed by atoms with van der Waals surface area (Å²) < 4.78 is 15.2. The Balaban J connectivity index is 1.63. The summed E-state index contributed by atoms with van der Waals surface area (Å²) in [6, 6.07) is 0.977. The van der Waals surface area contributed by atoms with Gasteiger partial charge in [0, 0.05) is 12.1 Å². The van der Waals surface area contributed by atoms with Crippen LogP contribution in [0.25, 0.3) is 0 Å². The SMILES string of the molecule is CCC1CCC(C2(F)CC3CCC(C2)N3)CC1. The zero-order valence-electron chi connectivity index (χ0n) is 11.1. The molecule has 98 valence electrons. The van der Waals surface area contributed by atoms with E-state index in [0.29, 0.717) is 18.0 Å². The van der Waals surface area contributed by atoms with Gasteiger partial charge in [-0.05, 0) is 50.4 Å². The van der Waals surface area contributed by atoms with Crippen LogP contribution in [0.3, 0.4) is 0 Å². The summed E-state index contributed by atoms with van der Waals surface area (Å²) in [6.07, 6.45) is 10.1. The summed E-state index contributed by atoms with van der Waals surface area (Å²) in [5.74, 6) is 1.25. The molecular weight excluding hydrogens is 213 g/mol. The van der Waals surface area contributed by atoms with Crippen molar-refractivity contribution in [3.05, 3.63) is 0 Å². The first-order valence-electron chi connectivity index (χ1n) is 7.64. The van der Waals surface area contributed by atoms with Crippen molar-refractivity contribution in [3.63, 3.8) is 0 Å². The van der Waals surface area contributed by atoms with Crippen molar-refractivity contribution >= 4 is 0 Å². The Morgan fingerprint density at radius 2 is 1.59 bits per heavy atom. The molecule has 0 aromatic heterocycles. The average Bonchev–Trinajstić information content (AvgIpc) is 2.69. The second kappa shape index (κ2) is 4.53. The van der Waals surface area contributed by atoms with Crippen molar-refractivity contribution in [2.75, 3.05) is 0 Å². The monoisotopic (exact) mass is 239 g/mol. The molecule has 3 fully saturated rings. The Labute approximate surface area is 105 Å². The topological polar surface area (TPSA) is 12.0 Å². The molecular formula is C15H26FN. The van der Waals surface area contributed by atoms with Crippen LogP contribution in [0.1, 0.15) is 64.7 Å². The molecule has 17 heavy (non-hydrogen) atoms. The molecule has 1 N–H and O–H groups in total. The summed E-state index contributed by atoms with van der Waals surface area (Å²) in [4.78, 5) is 0. The van der Waals surface area contributed by atoms with Gasteiger partial charge in [0.15, 0.2) is 0 Å². The molecule has 1 saturated carbocycles. The number of hydrogen-bond donors (Lipinski definition) is 1. The normalized spacial score (nSPS) is 50.5. The van der Waals surface area contributed by atoms with E-state index in [1.807, 2.05) is 0 Å². The van der Waals surface area contributed by atoms with E-state index >= 15 is 4.39 Å². The first-order chi connectivity index (χ1) is 8.19. The van der Waals surface area contributed by atoms with Gasteiger partial charge in [-0.3, -0.25) is 0 Å². The van der Waals surface area contributed by atoms with Crippen LogP contribution in [0, 0.1) is 11.8 Å². The third kappa shape index (κ3) is 2.25. The Hall–Kier alpha value is -0.110. The van der Waals surface area contributed by atoms with Crippen LogP contribution in [-0.2, 0) is 0 Å². The maximum Gasteiger partial charge on any atom is 0.116 e. The Morgan fingerprint density at radius 3 is 2.12 bits per heavy atom. The fourth-order valence-electron chi connectivity index (χ4n) is 4.55. The van der Waals surface area contributed by atoms with Gasteiger partial charge in [-0.2, -0.15) is 0 Å². The van der Waals surface area contributed by atoms with Crippen LogP contribution < -0.4 is 5.32 Å². The van der Waals surface area contributed by atoms with E-state index in [4.69, 9.17) is 0 Å². The van der Waals surface area contributed by atoms with Crippen molar-refractivity contribution in [3.8, 4) is 0 Å². The minimum Gasteiger partial charge on any atom is -0.311 e. The van der Waals surface area contributed by atoms with Crippen molar-refractivity contribution in [1.29, 1.82) is 0 Å². The molecule has 0 aromatic rings. The summed E-state index contributed by atoms with van der Waals surface area (Å²) in [7, 11) is 0. The zero-order valence-corrected chi connectivity index (χ0v) is 11.1. The van der Waals surface area contributed by atoms with Crippen LogP contribution in [-0.4, -0.2) is 17.8 Å². The molecule has 3 rings (SSSR count). The van der Waals surface area contributed by atoms with E-state index in [1.54, 1.807) is 0 Å². The van der Waals surface area contributed by atoms with E-state index in [1.165, 1.54) is 32.1 Å². The molecule has 0 radical (unpaired) electrons. The van der Waals surface area contributed by atoms with Gasteiger partial charge in [-0.25, -0.2) is 4.39 Å². The number of fused-ring (bicyclic) bond motifs is 2. The smallest absolute Gasteiger partial charge is 0.116 e. The molecule has 3 aliphatic rings. The maximum atomic E-state index is 15.2. The van der Waals surface area contributed by atoms with Crippen molar-refractivity contribution < 1.29 is 4.39 Å². The van der Waals surface area contributed by atoms with E-state index < -0.39 is 5.67 Å². The van der Waals surface area contributed by atoms with Gasteiger partial charge in [0.1, 0.15) is 5.67 Å². The highest BCUT2D eigenvalue weighted by Crippen LogP contribution is 2.47. The molecule has 2 atom stereocenters. The zero-order chi connectivity index (χ0) is 11.9. The highest BCUT2D eigenvalue weighted by molar-refractivity contribution is 5.03. The molecule has 0 amide bonds. The standard InChI is InChI=1S/C15H26FN/c1-2-11-3-5-12(6-4-11)15(16)9-13-7-8-14(10-15)17-13/h11-14,17H,2-10H2,1H3. The van der Waals surface area contributed by atoms with E-state index in [2.05, 4.69) is 12.2 Å². The van der Waals surface area contributed by atoms with Crippen molar-refractivity contribution in [2.24, 2.45) is 11.8 Å². The number of alkyl halides is 1. The predicted octanol–water partition coefficient (Wildman–Crippen LogP) is 3.83.